The van der Waals surface area contributed by atoms with Gasteiger partial charge in [-0.05, 0) is 24.3 Å². The number of rotatable bonds is 1. The van der Waals surface area contributed by atoms with Crippen LogP contribution in [0.2, 0.25) is 5.02 Å². The number of aromatic nitrogens is 2. The Morgan fingerprint density at radius 2 is 2.00 bits per heavy atom. The largest absolute Gasteiger partial charge is 0.302 e. The highest BCUT2D eigenvalue weighted by atomic mass is 35.5. The molecule has 0 N–H and O–H groups in total. The summed E-state index contributed by atoms with van der Waals surface area (Å²) in [6, 6.07) is 15.4. The van der Waals surface area contributed by atoms with Crippen molar-refractivity contribution in [2.45, 2.75) is 6.54 Å². The molecule has 4 rings (SSSR count). The first-order valence-electron chi connectivity index (χ1n) is 7.14. The molecule has 1 aliphatic rings. The lowest BCUT2D eigenvalue weighted by atomic mass is 9.98. The molecule has 0 atom stereocenters. The molecule has 0 spiro atoms. The summed E-state index contributed by atoms with van der Waals surface area (Å²) in [5.41, 5.74) is 4.07. The third kappa shape index (κ3) is 2.23. The van der Waals surface area contributed by atoms with E-state index in [4.69, 9.17) is 16.6 Å². The number of hydrogen-bond donors (Lipinski definition) is 0. The molecule has 2 heterocycles. The topological polar surface area (TPSA) is 54.0 Å². The van der Waals surface area contributed by atoms with Crippen LogP contribution in [0.25, 0.3) is 5.69 Å². The van der Waals surface area contributed by atoms with E-state index >= 15 is 0 Å². The van der Waals surface area contributed by atoms with Gasteiger partial charge in [0.05, 0.1) is 29.6 Å². The fraction of sp³-hybridized carbons (Fsp3) is 0.0556. The van der Waals surface area contributed by atoms with Crippen LogP contribution in [-0.2, 0) is 6.54 Å². The summed E-state index contributed by atoms with van der Waals surface area (Å²) in [4.78, 5) is 9.09. The molecule has 0 amide bonds. The van der Waals surface area contributed by atoms with Crippen molar-refractivity contribution in [1.82, 2.24) is 9.55 Å². The number of aliphatic imine (C=N–C) groups is 1. The van der Waals surface area contributed by atoms with Crippen LogP contribution in [0.1, 0.15) is 22.5 Å². The minimum absolute atomic E-state index is 0.462. The fourth-order valence-electron chi connectivity index (χ4n) is 2.79. The average Bonchev–Trinajstić information content (AvgIpc) is 2.99. The minimum Gasteiger partial charge on any atom is -0.302 e. The van der Waals surface area contributed by atoms with Crippen LogP contribution in [0.3, 0.4) is 0 Å². The van der Waals surface area contributed by atoms with Crippen LogP contribution in [0.4, 0.5) is 0 Å². The first-order valence-corrected chi connectivity index (χ1v) is 7.52. The van der Waals surface area contributed by atoms with Gasteiger partial charge in [-0.2, -0.15) is 5.26 Å². The molecule has 0 saturated carbocycles. The number of nitriles is 1. The summed E-state index contributed by atoms with van der Waals surface area (Å²) in [5.74, 6) is 0.859. The van der Waals surface area contributed by atoms with Crippen molar-refractivity contribution in [3.05, 3.63) is 82.4 Å². The summed E-state index contributed by atoms with van der Waals surface area (Å²) in [7, 11) is 0. The van der Waals surface area contributed by atoms with Crippen molar-refractivity contribution in [1.29, 1.82) is 5.26 Å². The molecule has 0 aliphatic carbocycles. The van der Waals surface area contributed by atoms with Gasteiger partial charge in [-0.1, -0.05) is 29.8 Å². The third-order valence-electron chi connectivity index (χ3n) is 3.87. The van der Waals surface area contributed by atoms with E-state index < -0.39 is 0 Å². The molecule has 0 unspecified atom stereocenters. The molecular weight excluding hydrogens is 308 g/mol. The lowest BCUT2D eigenvalue weighted by molar-refractivity contribution is 0.879. The van der Waals surface area contributed by atoms with Crippen LogP contribution in [0, 0.1) is 11.3 Å². The summed E-state index contributed by atoms with van der Waals surface area (Å²) < 4.78 is 2.00. The van der Waals surface area contributed by atoms with E-state index in [2.05, 4.69) is 11.1 Å². The fourth-order valence-corrected chi connectivity index (χ4v) is 3.02. The summed E-state index contributed by atoms with van der Waals surface area (Å²) in [6.07, 6.45) is 3.67. The Bertz CT molecular complexity index is 979. The number of imidazole rings is 1. The maximum Gasteiger partial charge on any atom is 0.134 e. The predicted molar refractivity (Wildman–Crippen MR) is 89.1 cm³/mol. The maximum absolute atomic E-state index is 9.24. The molecule has 0 saturated heterocycles. The molecule has 0 radical (unpaired) electrons. The van der Waals surface area contributed by atoms with Gasteiger partial charge in [0.1, 0.15) is 5.82 Å². The van der Waals surface area contributed by atoms with Gasteiger partial charge in [-0.15, -0.1) is 0 Å². The van der Waals surface area contributed by atoms with Crippen LogP contribution in [0.5, 0.6) is 0 Å². The van der Waals surface area contributed by atoms with Crippen molar-refractivity contribution >= 4 is 17.3 Å². The van der Waals surface area contributed by atoms with E-state index in [0.717, 1.165) is 28.4 Å². The zero-order valence-electron chi connectivity index (χ0n) is 12.1. The van der Waals surface area contributed by atoms with E-state index in [1.807, 2.05) is 47.2 Å². The van der Waals surface area contributed by atoms with Crippen molar-refractivity contribution in [2.75, 3.05) is 0 Å². The Morgan fingerprint density at radius 1 is 1.13 bits per heavy atom. The molecule has 1 aliphatic heterocycles. The van der Waals surface area contributed by atoms with Crippen molar-refractivity contribution in [3.63, 3.8) is 0 Å². The van der Waals surface area contributed by atoms with E-state index in [-0.39, 0.29) is 0 Å². The molecular formula is C18H11ClN4. The van der Waals surface area contributed by atoms with Crippen LogP contribution >= 0.6 is 11.6 Å². The van der Waals surface area contributed by atoms with Crippen LogP contribution in [0.15, 0.2) is 59.9 Å². The second-order valence-electron chi connectivity index (χ2n) is 5.20. The van der Waals surface area contributed by atoms with E-state index in [1.165, 1.54) is 0 Å². The number of benzene rings is 2. The lowest BCUT2D eigenvalue weighted by Gasteiger charge is -2.13. The summed E-state index contributed by atoms with van der Waals surface area (Å²) in [6.45, 7) is 0.462. The van der Waals surface area contributed by atoms with Crippen molar-refractivity contribution in [2.24, 2.45) is 4.99 Å². The Balaban J connectivity index is 2.02. The van der Waals surface area contributed by atoms with E-state index in [1.54, 1.807) is 12.3 Å². The molecule has 110 valence electrons. The molecule has 23 heavy (non-hydrogen) atoms. The number of nitrogens with zero attached hydrogens (tertiary/aromatic N) is 4. The molecule has 5 heteroatoms. The molecule has 1 aromatic heterocycles. The monoisotopic (exact) mass is 318 g/mol. The van der Waals surface area contributed by atoms with Crippen molar-refractivity contribution < 1.29 is 0 Å². The van der Waals surface area contributed by atoms with Crippen LogP contribution < -0.4 is 0 Å². The van der Waals surface area contributed by atoms with Gasteiger partial charge in [-0.25, -0.2) is 4.98 Å². The first kappa shape index (κ1) is 13.7. The highest BCUT2D eigenvalue weighted by Crippen LogP contribution is 2.28. The van der Waals surface area contributed by atoms with E-state index in [9.17, 15) is 5.26 Å². The van der Waals surface area contributed by atoms with Gasteiger partial charge < -0.3 is 4.57 Å². The predicted octanol–water partition coefficient (Wildman–Crippen LogP) is 3.75. The second kappa shape index (κ2) is 5.38. The quantitative estimate of drug-likeness (QED) is 0.686. The highest BCUT2D eigenvalue weighted by Gasteiger charge is 2.20. The van der Waals surface area contributed by atoms with Gasteiger partial charge in [-0.3, -0.25) is 4.99 Å². The Morgan fingerprint density at radius 3 is 2.83 bits per heavy atom. The maximum atomic E-state index is 9.24. The second-order valence-corrected chi connectivity index (χ2v) is 5.61. The standard InChI is InChI=1S/C18H11ClN4/c19-15-4-2-1-3-13(15)18-14-9-12(10-20)5-6-16(14)23-8-7-21-17(23)11-22-18/h1-9H,11H2. The summed E-state index contributed by atoms with van der Waals surface area (Å²) in [5, 5.41) is 9.88. The average molecular weight is 319 g/mol. The highest BCUT2D eigenvalue weighted by molar-refractivity contribution is 6.35. The molecule has 2 aromatic carbocycles. The van der Waals surface area contributed by atoms with Crippen molar-refractivity contribution in [3.8, 4) is 11.8 Å². The smallest absolute Gasteiger partial charge is 0.134 e. The molecule has 4 nitrogen and oxygen atoms in total. The first-order chi connectivity index (χ1) is 11.3. The van der Waals surface area contributed by atoms with Gasteiger partial charge in [0.2, 0.25) is 0 Å². The third-order valence-corrected chi connectivity index (χ3v) is 4.19. The van der Waals surface area contributed by atoms with Gasteiger partial charge in [0.15, 0.2) is 0 Å². The number of halogens is 1. The zero-order valence-corrected chi connectivity index (χ0v) is 12.8. The van der Waals surface area contributed by atoms with Gasteiger partial charge in [0.25, 0.3) is 0 Å². The van der Waals surface area contributed by atoms with E-state index in [0.29, 0.717) is 17.1 Å². The van der Waals surface area contributed by atoms with Gasteiger partial charge >= 0.3 is 0 Å². The zero-order chi connectivity index (χ0) is 15.8. The normalized spacial score (nSPS) is 12.6. The Labute approximate surface area is 138 Å². The minimum atomic E-state index is 0.462. The number of hydrogen-bond acceptors (Lipinski definition) is 3. The lowest BCUT2D eigenvalue weighted by Crippen LogP contribution is -2.08. The molecule has 0 fully saturated rings. The van der Waals surface area contributed by atoms with Crippen LogP contribution in [-0.4, -0.2) is 15.3 Å². The Hall–Kier alpha value is -2.90. The Kier molecular flexibility index (Phi) is 3.22. The SMILES string of the molecule is N#Cc1ccc2c(c1)C(c1ccccc1Cl)=NCc1nccn1-2. The van der Waals surface area contributed by atoms with Gasteiger partial charge in [0, 0.05) is 28.5 Å². The summed E-state index contributed by atoms with van der Waals surface area (Å²) >= 11 is 6.37. The molecule has 0 bridgehead atoms. The number of fused-ring (bicyclic) bond motifs is 3. The molecule has 3 aromatic rings.